The summed E-state index contributed by atoms with van der Waals surface area (Å²) < 4.78 is 99.3. The van der Waals surface area contributed by atoms with E-state index in [1.165, 1.54) is 12.1 Å². The normalized spacial score (nSPS) is 18.1. The Labute approximate surface area is 158 Å². The Balaban J connectivity index is 2.03. The second-order valence-corrected chi connectivity index (χ2v) is 7.17. The summed E-state index contributed by atoms with van der Waals surface area (Å²) in [5.74, 6) is -0.815. The molecule has 0 saturated heterocycles. The van der Waals surface area contributed by atoms with Gasteiger partial charge in [-0.25, -0.2) is 8.42 Å². The lowest BCUT2D eigenvalue weighted by Crippen LogP contribution is -2.31. The molecule has 3 aromatic carbocycles. The highest BCUT2D eigenvalue weighted by Crippen LogP contribution is 2.43. The van der Waals surface area contributed by atoms with Crippen LogP contribution in [0.15, 0.2) is 77.5 Å². The maximum absolute atomic E-state index is 13.2. The van der Waals surface area contributed by atoms with Crippen molar-refractivity contribution in [2.24, 2.45) is 0 Å². The number of rotatable bonds is 3. The molecule has 0 amide bonds. The van der Waals surface area contributed by atoms with E-state index < -0.39 is 75.9 Å². The number of nitrogens with one attached hydrogen (secondary N) is 1. The van der Waals surface area contributed by atoms with Crippen molar-refractivity contribution in [2.75, 3.05) is 0 Å². The van der Waals surface area contributed by atoms with E-state index in [0.717, 1.165) is 5.56 Å². The van der Waals surface area contributed by atoms with E-state index in [2.05, 4.69) is 4.72 Å². The minimum atomic E-state index is -4.28. The van der Waals surface area contributed by atoms with E-state index in [9.17, 15) is 8.42 Å². The van der Waals surface area contributed by atoms with Gasteiger partial charge in [0.2, 0.25) is 10.0 Å². The van der Waals surface area contributed by atoms with Gasteiger partial charge in [-0.3, -0.25) is 0 Å². The first kappa shape index (κ1) is 9.17. The Kier molecular flexibility index (Phi) is 2.21. The van der Waals surface area contributed by atoms with E-state index in [1.54, 1.807) is 19.1 Å². The molecule has 0 atom stereocenters. The molecule has 4 nitrogen and oxygen atoms in total. The van der Waals surface area contributed by atoms with E-state index >= 15 is 0 Å². The van der Waals surface area contributed by atoms with Crippen LogP contribution in [-0.2, 0) is 10.0 Å². The molecule has 0 saturated carbocycles. The van der Waals surface area contributed by atoms with Crippen molar-refractivity contribution < 1.29 is 24.1 Å². The molecule has 1 heterocycles. The molecule has 0 aliphatic carbocycles. The molecule has 0 radical (unpaired) electrons. The van der Waals surface area contributed by atoms with Crippen molar-refractivity contribution in [2.45, 2.75) is 17.9 Å². The van der Waals surface area contributed by atoms with Crippen LogP contribution in [0.1, 0.15) is 33.7 Å². The Morgan fingerprint density at radius 2 is 1.44 bits per heavy atom. The molecular weight excluding hydrogens is 334 g/mol. The molecule has 1 N–H and O–H groups in total. The molecule has 0 fully saturated rings. The van der Waals surface area contributed by atoms with Gasteiger partial charge in [-0.15, -0.1) is 0 Å². The molecule has 0 unspecified atom stereocenters. The fraction of sp³-hybridized carbons (Fsp3) is 0.100. The Morgan fingerprint density at radius 3 is 2.00 bits per heavy atom. The monoisotopic (exact) mass is 359 g/mol. The van der Waals surface area contributed by atoms with E-state index in [1.807, 2.05) is 0 Å². The number of hydrogen-bond acceptors (Lipinski definition) is 3. The first-order valence-corrected chi connectivity index (χ1v) is 8.82. The molecule has 0 spiro atoms. The molecule has 126 valence electrons. The minimum absolute atomic E-state index is 0.121. The number of hydrogen-bond donors (Lipinski definition) is 1. The standard InChI is InChI=1S/C20H17NO3S/c1-14-10-12-15(13-11-14)25(22,23)21-20-16-6-2-4-8-18(16)24-19-9-5-3-7-17(19)20/h2-13,20-21H,1H3/i2D,3D,4D,5D,6D,7D,8D,9D. The first-order valence-electron chi connectivity index (χ1n) is 11.3. The largest absolute Gasteiger partial charge is 0.457 e. The highest BCUT2D eigenvalue weighted by molar-refractivity contribution is 7.89. The molecule has 0 aromatic heterocycles. The van der Waals surface area contributed by atoms with Crippen molar-refractivity contribution in [3.63, 3.8) is 0 Å². The van der Waals surface area contributed by atoms with Crippen molar-refractivity contribution in [3.05, 3.63) is 89.3 Å². The summed E-state index contributed by atoms with van der Waals surface area (Å²) in [5, 5.41) is 0. The van der Waals surface area contributed by atoms with Gasteiger partial charge >= 0.3 is 0 Å². The SMILES string of the molecule is [2H]c1c([2H])c([2H])c2c(c1[2H])Oc1c([2H])c([2H])c([2H])c([2H])c1C2NS(=O)(=O)c1ccc(C)cc1. The number of fused-ring (bicyclic) bond motifs is 2. The molecule has 4 rings (SSSR count). The van der Waals surface area contributed by atoms with Crippen LogP contribution in [-0.4, -0.2) is 8.42 Å². The summed E-state index contributed by atoms with van der Waals surface area (Å²) in [6, 6.07) is -0.536. The van der Waals surface area contributed by atoms with Gasteiger partial charge in [0.1, 0.15) is 11.5 Å². The quantitative estimate of drug-likeness (QED) is 0.764. The zero-order valence-electron chi connectivity index (χ0n) is 21.0. The molecule has 0 bridgehead atoms. The molecule has 25 heavy (non-hydrogen) atoms. The summed E-state index contributed by atoms with van der Waals surface area (Å²) >= 11 is 0. The van der Waals surface area contributed by atoms with E-state index in [4.69, 9.17) is 15.7 Å². The Bertz CT molecular complexity index is 1360. The highest BCUT2D eigenvalue weighted by Gasteiger charge is 2.30. The summed E-state index contributed by atoms with van der Waals surface area (Å²) in [6.07, 6.45) is 0. The summed E-state index contributed by atoms with van der Waals surface area (Å²) in [6.45, 7) is 1.78. The van der Waals surface area contributed by atoms with Crippen LogP contribution < -0.4 is 9.46 Å². The molecule has 1 aliphatic rings. The van der Waals surface area contributed by atoms with Crippen LogP contribution in [0.25, 0.3) is 0 Å². The second kappa shape index (κ2) is 6.02. The summed E-state index contributed by atoms with van der Waals surface area (Å²) in [4.78, 5) is -0.121. The van der Waals surface area contributed by atoms with Crippen LogP contribution >= 0.6 is 0 Å². The number of aryl methyl sites for hydroxylation is 1. The number of ether oxygens (including phenoxy) is 1. The third-order valence-electron chi connectivity index (χ3n) is 3.75. The fourth-order valence-corrected chi connectivity index (χ4v) is 3.67. The second-order valence-electron chi connectivity index (χ2n) is 5.46. The lowest BCUT2D eigenvalue weighted by Gasteiger charge is -2.28. The molecule has 3 aromatic rings. The number of benzene rings is 3. The third-order valence-corrected chi connectivity index (χ3v) is 5.19. The third kappa shape index (κ3) is 2.92. The van der Waals surface area contributed by atoms with Gasteiger partial charge in [-0.05, 0) is 31.1 Å². The van der Waals surface area contributed by atoms with Gasteiger partial charge < -0.3 is 4.74 Å². The zero-order valence-corrected chi connectivity index (χ0v) is 13.8. The average molecular weight is 359 g/mol. The lowest BCUT2D eigenvalue weighted by molar-refractivity contribution is 0.440. The minimum Gasteiger partial charge on any atom is -0.457 e. The fourth-order valence-electron chi connectivity index (χ4n) is 2.49. The Hall–Kier alpha value is -2.63. The lowest BCUT2D eigenvalue weighted by atomic mass is 9.95. The van der Waals surface area contributed by atoms with Crippen molar-refractivity contribution in [1.82, 2.24) is 4.72 Å². The van der Waals surface area contributed by atoms with Crippen molar-refractivity contribution in [1.29, 1.82) is 0 Å². The summed E-state index contributed by atoms with van der Waals surface area (Å²) in [5.41, 5.74) is 0.280. The molecular formula is C20H17NO3S. The predicted octanol–water partition coefficient (Wildman–Crippen LogP) is 4.17. The molecule has 1 aliphatic heterocycles. The number of para-hydroxylation sites is 2. The van der Waals surface area contributed by atoms with Crippen molar-refractivity contribution >= 4 is 10.0 Å². The maximum atomic E-state index is 13.2. The number of sulfonamides is 1. The van der Waals surface area contributed by atoms with Gasteiger partial charge in [-0.2, -0.15) is 4.72 Å². The van der Waals surface area contributed by atoms with Crippen LogP contribution in [0.5, 0.6) is 11.5 Å². The Morgan fingerprint density at radius 1 is 0.920 bits per heavy atom. The van der Waals surface area contributed by atoms with Gasteiger partial charge in [0.15, 0.2) is 0 Å². The smallest absolute Gasteiger partial charge is 0.241 e. The highest BCUT2D eigenvalue weighted by atomic mass is 32.2. The maximum Gasteiger partial charge on any atom is 0.241 e. The zero-order chi connectivity index (χ0) is 24.4. The topological polar surface area (TPSA) is 55.4 Å². The van der Waals surface area contributed by atoms with E-state index in [-0.39, 0.29) is 16.0 Å². The summed E-state index contributed by atoms with van der Waals surface area (Å²) in [7, 11) is -4.28. The molecule has 5 heteroatoms. The van der Waals surface area contributed by atoms with Gasteiger partial charge in [-0.1, -0.05) is 54.0 Å². The van der Waals surface area contributed by atoms with Crippen LogP contribution in [0.2, 0.25) is 0 Å². The van der Waals surface area contributed by atoms with E-state index in [0.29, 0.717) is 0 Å². The van der Waals surface area contributed by atoms with Crippen LogP contribution in [0.3, 0.4) is 0 Å². The first-order chi connectivity index (χ1) is 15.4. The van der Waals surface area contributed by atoms with Crippen LogP contribution in [0.4, 0.5) is 0 Å². The van der Waals surface area contributed by atoms with Gasteiger partial charge in [0, 0.05) is 11.1 Å². The van der Waals surface area contributed by atoms with Gasteiger partial charge in [0.25, 0.3) is 0 Å². The average Bonchev–Trinajstić information content (AvgIpc) is 2.78. The van der Waals surface area contributed by atoms with Crippen molar-refractivity contribution in [3.8, 4) is 11.5 Å². The predicted molar refractivity (Wildman–Crippen MR) is 96.3 cm³/mol. The van der Waals surface area contributed by atoms with Crippen LogP contribution in [0, 0.1) is 6.92 Å². The van der Waals surface area contributed by atoms with Gasteiger partial charge in [0.05, 0.1) is 21.9 Å².